The molecule has 0 fully saturated rings. The molecule has 18 heavy (non-hydrogen) atoms. The Morgan fingerprint density at radius 2 is 1.72 bits per heavy atom. The van der Waals surface area contributed by atoms with Gasteiger partial charge in [0.05, 0.1) is 5.71 Å². The van der Waals surface area contributed by atoms with Crippen molar-refractivity contribution in [3.05, 3.63) is 65.7 Å². The second-order valence-electron chi connectivity index (χ2n) is 3.98. The molecule has 0 aliphatic carbocycles. The van der Waals surface area contributed by atoms with E-state index in [2.05, 4.69) is 5.10 Å². The van der Waals surface area contributed by atoms with Crippen molar-refractivity contribution in [2.75, 3.05) is 0 Å². The second kappa shape index (κ2) is 5.87. The van der Waals surface area contributed by atoms with Crippen LogP contribution < -0.4 is 10.6 Å². The number of hydrogen-bond donors (Lipinski definition) is 1. The molecule has 0 saturated heterocycles. The number of hydrazone groups is 1. The zero-order chi connectivity index (χ0) is 12.8. The number of nitrogens with zero attached hydrogens (tertiary/aromatic N) is 1. The highest BCUT2D eigenvalue weighted by Crippen LogP contribution is 2.20. The molecule has 0 amide bonds. The zero-order valence-corrected chi connectivity index (χ0v) is 10.3. The second-order valence-corrected chi connectivity index (χ2v) is 3.98. The van der Waals surface area contributed by atoms with Crippen LogP contribution in [0.3, 0.4) is 0 Å². The lowest BCUT2D eigenvalue weighted by atomic mass is 10.1. The van der Waals surface area contributed by atoms with Crippen LogP contribution in [0.4, 0.5) is 0 Å². The lowest BCUT2D eigenvalue weighted by molar-refractivity contribution is 0.305. The molecule has 0 bridgehead atoms. The molecule has 2 N–H and O–H groups in total. The Morgan fingerprint density at radius 3 is 2.44 bits per heavy atom. The average molecular weight is 240 g/mol. The summed E-state index contributed by atoms with van der Waals surface area (Å²) in [6, 6.07) is 17.8. The van der Waals surface area contributed by atoms with Crippen LogP contribution in [0.1, 0.15) is 18.1 Å². The minimum Gasteiger partial charge on any atom is -0.488 e. The topological polar surface area (TPSA) is 47.6 Å². The summed E-state index contributed by atoms with van der Waals surface area (Å²) in [5, 5.41) is 3.71. The Kier molecular flexibility index (Phi) is 3.97. The third kappa shape index (κ3) is 2.88. The highest BCUT2D eigenvalue weighted by Gasteiger charge is 2.05. The van der Waals surface area contributed by atoms with Crippen molar-refractivity contribution in [1.82, 2.24) is 0 Å². The van der Waals surface area contributed by atoms with Gasteiger partial charge in [-0.3, -0.25) is 0 Å². The van der Waals surface area contributed by atoms with Gasteiger partial charge in [0.1, 0.15) is 12.4 Å². The zero-order valence-electron chi connectivity index (χ0n) is 10.3. The number of hydrogen-bond acceptors (Lipinski definition) is 3. The summed E-state index contributed by atoms with van der Waals surface area (Å²) in [6.07, 6.45) is 0. The van der Waals surface area contributed by atoms with Crippen LogP contribution in [0, 0.1) is 0 Å². The normalized spacial score (nSPS) is 11.3. The summed E-state index contributed by atoms with van der Waals surface area (Å²) in [5.74, 6) is 6.11. The summed E-state index contributed by atoms with van der Waals surface area (Å²) >= 11 is 0. The van der Waals surface area contributed by atoms with E-state index in [0.29, 0.717) is 6.61 Å². The largest absolute Gasteiger partial charge is 0.488 e. The molecule has 0 heterocycles. The van der Waals surface area contributed by atoms with Crippen LogP contribution in [0.15, 0.2) is 59.7 Å². The molecule has 2 aromatic rings. The van der Waals surface area contributed by atoms with Gasteiger partial charge in [0, 0.05) is 5.56 Å². The van der Waals surface area contributed by atoms with Crippen molar-refractivity contribution in [3.8, 4) is 5.75 Å². The van der Waals surface area contributed by atoms with Gasteiger partial charge >= 0.3 is 0 Å². The fourth-order valence-corrected chi connectivity index (χ4v) is 1.70. The van der Waals surface area contributed by atoms with Crippen molar-refractivity contribution >= 4 is 5.71 Å². The van der Waals surface area contributed by atoms with Gasteiger partial charge in [0.2, 0.25) is 0 Å². The van der Waals surface area contributed by atoms with E-state index in [-0.39, 0.29) is 0 Å². The molecular formula is C15H16N2O. The fourth-order valence-electron chi connectivity index (χ4n) is 1.70. The Balaban J connectivity index is 2.15. The number of para-hydroxylation sites is 1. The number of ether oxygens (including phenoxy) is 1. The molecule has 0 aliphatic heterocycles. The van der Waals surface area contributed by atoms with E-state index in [9.17, 15) is 0 Å². The molecule has 0 atom stereocenters. The van der Waals surface area contributed by atoms with Crippen molar-refractivity contribution in [1.29, 1.82) is 0 Å². The fraction of sp³-hybridized carbons (Fsp3) is 0.133. The van der Waals surface area contributed by atoms with Gasteiger partial charge in [-0.15, -0.1) is 0 Å². The van der Waals surface area contributed by atoms with E-state index in [1.807, 2.05) is 61.5 Å². The Hall–Kier alpha value is -2.29. The predicted molar refractivity (Wildman–Crippen MR) is 73.6 cm³/mol. The standard InChI is InChI=1S/C15H16N2O/c1-12(17-16)14-9-5-6-10-15(14)18-11-13-7-3-2-4-8-13/h2-10H,11,16H2,1H3/b17-12-. The first kappa shape index (κ1) is 12.2. The average Bonchev–Trinajstić information content (AvgIpc) is 2.45. The molecule has 2 aromatic carbocycles. The van der Waals surface area contributed by atoms with Crippen LogP contribution in [0.5, 0.6) is 5.75 Å². The van der Waals surface area contributed by atoms with E-state index >= 15 is 0 Å². The molecule has 0 aliphatic rings. The van der Waals surface area contributed by atoms with Crippen molar-refractivity contribution in [3.63, 3.8) is 0 Å². The third-order valence-corrected chi connectivity index (χ3v) is 2.71. The first-order valence-electron chi connectivity index (χ1n) is 5.82. The molecule has 92 valence electrons. The van der Waals surface area contributed by atoms with E-state index < -0.39 is 0 Å². The van der Waals surface area contributed by atoms with Crippen LogP contribution in [-0.4, -0.2) is 5.71 Å². The summed E-state index contributed by atoms with van der Waals surface area (Å²) in [5.41, 5.74) is 2.82. The maximum atomic E-state index is 5.81. The van der Waals surface area contributed by atoms with Gasteiger partial charge < -0.3 is 10.6 Å². The molecule has 0 saturated carbocycles. The number of nitrogens with two attached hydrogens (primary N) is 1. The van der Waals surface area contributed by atoms with E-state index in [0.717, 1.165) is 22.6 Å². The van der Waals surface area contributed by atoms with Crippen LogP contribution in [-0.2, 0) is 6.61 Å². The van der Waals surface area contributed by atoms with Crippen molar-refractivity contribution < 1.29 is 4.74 Å². The Morgan fingerprint density at radius 1 is 1.06 bits per heavy atom. The summed E-state index contributed by atoms with van der Waals surface area (Å²) in [6.45, 7) is 2.40. The maximum absolute atomic E-state index is 5.81. The number of rotatable bonds is 4. The minimum atomic E-state index is 0.537. The first-order valence-corrected chi connectivity index (χ1v) is 5.82. The molecule has 2 rings (SSSR count). The lowest BCUT2D eigenvalue weighted by Crippen LogP contribution is -2.04. The summed E-state index contributed by atoms with van der Waals surface area (Å²) < 4.78 is 5.81. The van der Waals surface area contributed by atoms with E-state index in [1.165, 1.54) is 0 Å². The molecule has 0 spiro atoms. The minimum absolute atomic E-state index is 0.537. The summed E-state index contributed by atoms with van der Waals surface area (Å²) in [4.78, 5) is 0. The monoisotopic (exact) mass is 240 g/mol. The lowest BCUT2D eigenvalue weighted by Gasteiger charge is -2.10. The van der Waals surface area contributed by atoms with Crippen molar-refractivity contribution in [2.24, 2.45) is 10.9 Å². The van der Waals surface area contributed by atoms with E-state index in [1.54, 1.807) is 0 Å². The smallest absolute Gasteiger partial charge is 0.128 e. The van der Waals surface area contributed by atoms with Gasteiger partial charge in [-0.2, -0.15) is 5.10 Å². The van der Waals surface area contributed by atoms with E-state index in [4.69, 9.17) is 10.6 Å². The Bertz CT molecular complexity index is 535. The van der Waals surface area contributed by atoms with Gasteiger partial charge in [-0.1, -0.05) is 42.5 Å². The molecule has 0 aromatic heterocycles. The third-order valence-electron chi connectivity index (χ3n) is 2.71. The predicted octanol–water partition coefficient (Wildman–Crippen LogP) is 2.95. The quantitative estimate of drug-likeness (QED) is 0.507. The molecule has 3 heteroatoms. The number of benzene rings is 2. The highest BCUT2D eigenvalue weighted by molar-refractivity contribution is 6.00. The highest BCUT2D eigenvalue weighted by atomic mass is 16.5. The first-order chi connectivity index (χ1) is 8.81. The van der Waals surface area contributed by atoms with Gasteiger partial charge in [0.25, 0.3) is 0 Å². The van der Waals surface area contributed by atoms with Gasteiger partial charge in [0.15, 0.2) is 0 Å². The maximum Gasteiger partial charge on any atom is 0.128 e. The molecule has 0 unspecified atom stereocenters. The van der Waals surface area contributed by atoms with Gasteiger partial charge in [-0.05, 0) is 24.6 Å². The van der Waals surface area contributed by atoms with Crippen LogP contribution in [0.25, 0.3) is 0 Å². The summed E-state index contributed by atoms with van der Waals surface area (Å²) in [7, 11) is 0. The SMILES string of the molecule is C/C(=N/N)c1ccccc1OCc1ccccc1. The molecular weight excluding hydrogens is 224 g/mol. The van der Waals surface area contributed by atoms with Gasteiger partial charge in [-0.25, -0.2) is 0 Å². The van der Waals surface area contributed by atoms with Crippen molar-refractivity contribution in [2.45, 2.75) is 13.5 Å². The molecule has 3 nitrogen and oxygen atoms in total. The van der Waals surface area contributed by atoms with Crippen LogP contribution >= 0.6 is 0 Å². The molecule has 0 radical (unpaired) electrons. The van der Waals surface area contributed by atoms with Crippen LogP contribution in [0.2, 0.25) is 0 Å². The Labute approximate surface area is 107 Å².